The van der Waals surface area contributed by atoms with Gasteiger partial charge in [0, 0.05) is 12.4 Å². The number of hydrogen-bond acceptors (Lipinski definition) is 4. The van der Waals surface area contributed by atoms with E-state index in [-0.39, 0.29) is 23.8 Å². The van der Waals surface area contributed by atoms with Crippen LogP contribution in [0.1, 0.15) is 16.2 Å². The van der Waals surface area contributed by atoms with Crippen molar-refractivity contribution in [1.29, 1.82) is 0 Å². The van der Waals surface area contributed by atoms with Crippen LogP contribution >= 0.6 is 15.9 Å². The second-order valence-electron chi connectivity index (χ2n) is 4.71. The second-order valence-corrected chi connectivity index (χ2v) is 5.49. The molecule has 2 aromatic heterocycles. The number of amides is 1. The minimum atomic E-state index is -0.342. The molecule has 6 nitrogen and oxygen atoms in total. The summed E-state index contributed by atoms with van der Waals surface area (Å²) in [6.07, 6.45) is 0. The lowest BCUT2D eigenvalue weighted by molar-refractivity contribution is 0.0921. The van der Waals surface area contributed by atoms with Crippen LogP contribution in [0, 0.1) is 0 Å². The van der Waals surface area contributed by atoms with Crippen molar-refractivity contribution >= 4 is 32.6 Å². The number of rotatable bonds is 3. The molecule has 0 radical (unpaired) electrons. The Morgan fingerprint density at radius 1 is 1.27 bits per heavy atom. The largest absolute Gasteiger partial charge is 0.444 e. The van der Waals surface area contributed by atoms with E-state index < -0.39 is 0 Å². The minimum absolute atomic E-state index is 0.166. The fourth-order valence-electron chi connectivity index (χ4n) is 2.19. The topological polar surface area (TPSA) is 77.1 Å². The van der Waals surface area contributed by atoms with Gasteiger partial charge in [-0.05, 0) is 34.1 Å². The van der Waals surface area contributed by atoms with E-state index in [0.717, 1.165) is 5.39 Å². The number of halogens is 1. The van der Waals surface area contributed by atoms with E-state index in [2.05, 4.69) is 26.3 Å². The molecule has 0 fully saturated rings. The van der Waals surface area contributed by atoms with Gasteiger partial charge < -0.3 is 9.73 Å². The zero-order valence-electron chi connectivity index (χ0n) is 11.7. The van der Waals surface area contributed by atoms with Crippen LogP contribution in [0.15, 0.2) is 50.3 Å². The molecule has 1 aromatic carbocycles. The highest BCUT2D eigenvalue weighted by molar-refractivity contribution is 9.10. The van der Waals surface area contributed by atoms with Gasteiger partial charge in [-0.15, -0.1) is 0 Å². The maximum absolute atomic E-state index is 12.0. The van der Waals surface area contributed by atoms with Crippen molar-refractivity contribution in [2.45, 2.75) is 6.54 Å². The predicted molar refractivity (Wildman–Crippen MR) is 84.6 cm³/mol. The van der Waals surface area contributed by atoms with E-state index in [1.54, 1.807) is 31.3 Å². The molecule has 0 aliphatic rings. The van der Waals surface area contributed by atoms with Crippen LogP contribution in [-0.4, -0.2) is 15.7 Å². The van der Waals surface area contributed by atoms with Gasteiger partial charge in [-0.3, -0.25) is 9.59 Å². The summed E-state index contributed by atoms with van der Waals surface area (Å²) in [4.78, 5) is 24.0. The first-order chi connectivity index (χ1) is 10.6. The summed E-state index contributed by atoms with van der Waals surface area (Å²) in [5.74, 6) is -0.133. The molecule has 0 unspecified atom stereocenters. The highest BCUT2D eigenvalue weighted by Crippen LogP contribution is 2.15. The Kier molecular flexibility index (Phi) is 3.81. The first-order valence-electron chi connectivity index (χ1n) is 6.55. The molecule has 22 heavy (non-hydrogen) atoms. The standard InChI is InChI=1S/C15H12BrN3O3/c1-19-15(21)10-5-3-2-4-9(10)11(18-19)8-17-14(20)12-6-7-13(16)22-12/h2-7H,8H2,1H3,(H,17,20). The quantitative estimate of drug-likeness (QED) is 0.775. The fourth-order valence-corrected chi connectivity index (χ4v) is 2.50. The van der Waals surface area contributed by atoms with Gasteiger partial charge in [0.2, 0.25) is 0 Å². The van der Waals surface area contributed by atoms with Crippen LogP contribution in [0.2, 0.25) is 0 Å². The maximum Gasteiger partial charge on any atom is 0.287 e. The first-order valence-corrected chi connectivity index (χ1v) is 7.34. The SMILES string of the molecule is Cn1nc(CNC(=O)c2ccc(Br)o2)c2ccccc2c1=O. The third-order valence-electron chi connectivity index (χ3n) is 3.25. The molecule has 0 aliphatic carbocycles. The molecule has 0 atom stereocenters. The van der Waals surface area contributed by atoms with E-state index in [0.29, 0.717) is 15.7 Å². The van der Waals surface area contributed by atoms with Crippen LogP contribution in [-0.2, 0) is 13.6 Å². The van der Waals surface area contributed by atoms with E-state index in [9.17, 15) is 9.59 Å². The Labute approximate surface area is 133 Å². The summed E-state index contributed by atoms with van der Waals surface area (Å²) in [6, 6.07) is 10.4. The lowest BCUT2D eigenvalue weighted by Crippen LogP contribution is -2.27. The molecule has 1 N–H and O–H groups in total. The van der Waals surface area contributed by atoms with E-state index >= 15 is 0 Å². The van der Waals surface area contributed by atoms with Crippen molar-refractivity contribution in [3.63, 3.8) is 0 Å². The molecular weight excluding hydrogens is 350 g/mol. The van der Waals surface area contributed by atoms with Crippen molar-refractivity contribution < 1.29 is 9.21 Å². The van der Waals surface area contributed by atoms with Crippen LogP contribution in [0.3, 0.4) is 0 Å². The smallest absolute Gasteiger partial charge is 0.287 e. The Bertz CT molecular complexity index is 914. The molecule has 0 saturated carbocycles. The van der Waals surface area contributed by atoms with E-state index in [4.69, 9.17) is 4.42 Å². The summed E-state index contributed by atoms with van der Waals surface area (Å²) in [5.41, 5.74) is 0.456. The molecule has 0 spiro atoms. The molecule has 112 valence electrons. The van der Waals surface area contributed by atoms with Gasteiger partial charge in [0.05, 0.1) is 17.6 Å². The monoisotopic (exact) mass is 361 g/mol. The van der Waals surface area contributed by atoms with Crippen molar-refractivity contribution in [3.05, 3.63) is 62.9 Å². The summed E-state index contributed by atoms with van der Waals surface area (Å²) < 4.78 is 6.95. The van der Waals surface area contributed by atoms with Gasteiger partial charge in [0.1, 0.15) is 0 Å². The molecular formula is C15H12BrN3O3. The third-order valence-corrected chi connectivity index (χ3v) is 3.67. The van der Waals surface area contributed by atoms with Gasteiger partial charge in [-0.1, -0.05) is 18.2 Å². The number of carbonyl (C=O) groups excluding carboxylic acids is 1. The number of hydrogen-bond donors (Lipinski definition) is 1. The number of aryl methyl sites for hydroxylation is 1. The van der Waals surface area contributed by atoms with Crippen LogP contribution in [0.4, 0.5) is 0 Å². The summed E-state index contributed by atoms with van der Waals surface area (Å²) in [6.45, 7) is 0.200. The predicted octanol–water partition coefficient (Wildman–Crippen LogP) is 2.22. The van der Waals surface area contributed by atoms with Gasteiger partial charge in [0.25, 0.3) is 11.5 Å². The lowest BCUT2D eigenvalue weighted by atomic mass is 10.1. The molecule has 3 aromatic rings. The zero-order valence-corrected chi connectivity index (χ0v) is 13.3. The van der Waals surface area contributed by atoms with Crippen LogP contribution in [0.5, 0.6) is 0 Å². The maximum atomic E-state index is 12.0. The van der Waals surface area contributed by atoms with Crippen LogP contribution < -0.4 is 10.9 Å². The normalized spacial score (nSPS) is 10.8. The van der Waals surface area contributed by atoms with E-state index in [1.807, 2.05) is 12.1 Å². The highest BCUT2D eigenvalue weighted by Gasteiger charge is 2.13. The van der Waals surface area contributed by atoms with Gasteiger partial charge >= 0.3 is 0 Å². The number of benzene rings is 1. The number of furan rings is 1. The number of aromatic nitrogens is 2. The number of nitrogens with zero attached hydrogens (tertiary/aromatic N) is 2. The van der Waals surface area contributed by atoms with Gasteiger partial charge in [-0.2, -0.15) is 5.10 Å². The van der Waals surface area contributed by atoms with Crippen LogP contribution in [0.25, 0.3) is 10.8 Å². The average Bonchev–Trinajstić information content (AvgIpc) is 2.96. The van der Waals surface area contributed by atoms with Gasteiger partial charge in [0.15, 0.2) is 10.4 Å². The molecule has 0 aliphatic heterocycles. The third kappa shape index (κ3) is 2.67. The molecule has 7 heteroatoms. The van der Waals surface area contributed by atoms with Gasteiger partial charge in [-0.25, -0.2) is 4.68 Å². The average molecular weight is 362 g/mol. The Morgan fingerprint density at radius 2 is 2.00 bits per heavy atom. The molecule has 3 rings (SSSR count). The molecule has 1 amide bonds. The highest BCUT2D eigenvalue weighted by atomic mass is 79.9. The number of fused-ring (bicyclic) bond motifs is 1. The second kappa shape index (κ2) is 5.76. The van der Waals surface area contributed by atoms with Crippen molar-refractivity contribution in [2.24, 2.45) is 7.05 Å². The Balaban J connectivity index is 1.90. The summed E-state index contributed by atoms with van der Waals surface area (Å²) in [7, 11) is 1.59. The number of nitrogens with one attached hydrogen (secondary N) is 1. The number of carbonyl (C=O) groups is 1. The van der Waals surface area contributed by atoms with Crippen molar-refractivity contribution in [1.82, 2.24) is 15.1 Å². The van der Waals surface area contributed by atoms with E-state index in [1.165, 1.54) is 4.68 Å². The Morgan fingerprint density at radius 3 is 2.68 bits per heavy atom. The minimum Gasteiger partial charge on any atom is -0.444 e. The van der Waals surface area contributed by atoms with Crippen molar-refractivity contribution in [3.8, 4) is 0 Å². The first kappa shape index (κ1) is 14.5. The molecule has 2 heterocycles. The van der Waals surface area contributed by atoms with Crippen molar-refractivity contribution in [2.75, 3.05) is 0 Å². The molecule has 0 saturated heterocycles. The fraction of sp³-hybridized carbons (Fsp3) is 0.133. The summed E-state index contributed by atoms with van der Waals surface area (Å²) in [5, 5.41) is 8.26. The molecule has 0 bridgehead atoms. The summed E-state index contributed by atoms with van der Waals surface area (Å²) >= 11 is 3.15. The Hall–Kier alpha value is -2.41. The lowest BCUT2D eigenvalue weighted by Gasteiger charge is -2.08. The zero-order chi connectivity index (χ0) is 15.7.